The van der Waals surface area contributed by atoms with Crippen LogP contribution in [0.25, 0.3) is 0 Å². The normalized spacial score (nSPS) is 15.0. The van der Waals surface area contributed by atoms with Gasteiger partial charge in [0, 0.05) is 0 Å². The second-order valence-corrected chi connectivity index (χ2v) is 1.69. The average molecular weight is 120 g/mol. The van der Waals surface area contributed by atoms with Crippen molar-refractivity contribution < 1.29 is 4.74 Å². The molecule has 0 heterocycles. The Morgan fingerprint density at radius 2 is 2.56 bits per heavy atom. The summed E-state index contributed by atoms with van der Waals surface area (Å²) < 4.78 is 4.98. The molecule has 0 aliphatic heterocycles. The maximum atomic E-state index is 4.98. The molecule has 0 aromatic carbocycles. The molecule has 0 fully saturated rings. The van der Waals surface area contributed by atoms with Gasteiger partial charge in [-0.05, 0) is 12.2 Å². The first-order valence-corrected chi connectivity index (χ1v) is 2.81. The van der Waals surface area contributed by atoms with Crippen LogP contribution >= 0.6 is 0 Å². The van der Waals surface area contributed by atoms with E-state index in [1.165, 1.54) is 0 Å². The third-order valence-electron chi connectivity index (χ3n) is 1.09. The minimum Gasteiger partial charge on any atom is -0.500 e. The van der Waals surface area contributed by atoms with Crippen LogP contribution in [0, 0.1) is 11.8 Å². The molecule has 0 aromatic rings. The van der Waals surface area contributed by atoms with E-state index in [1.807, 2.05) is 18.2 Å². The van der Waals surface area contributed by atoms with Crippen LogP contribution in [-0.4, -0.2) is 7.11 Å². The van der Waals surface area contributed by atoms with Crippen LogP contribution in [0.5, 0.6) is 0 Å². The molecule has 1 aliphatic carbocycles. The molecule has 0 aromatic heterocycles. The maximum Gasteiger partial charge on any atom is 0.107 e. The number of methoxy groups -OCH3 is 1. The van der Waals surface area contributed by atoms with Gasteiger partial charge in [-0.2, -0.15) is 0 Å². The molecule has 1 nitrogen and oxygen atoms in total. The van der Waals surface area contributed by atoms with E-state index in [0.717, 1.165) is 12.2 Å². The molecule has 0 atom stereocenters. The minimum atomic E-state index is 0.726. The highest BCUT2D eigenvalue weighted by molar-refractivity contribution is 5.27. The summed E-state index contributed by atoms with van der Waals surface area (Å²) in [7, 11) is 1.66. The Balaban J connectivity index is 2.67. The predicted octanol–water partition coefficient (Wildman–Crippen LogP) is 1.48. The standard InChI is InChI=1S/C8H8O/c1-9-8-6-4-2-3-5-7-8/h2,4,6H,7H2,1H3. The summed E-state index contributed by atoms with van der Waals surface area (Å²) in [5.41, 5.74) is 0. The molecular formula is C8H8O. The molecule has 1 aliphatic rings. The summed E-state index contributed by atoms with van der Waals surface area (Å²) in [4.78, 5) is 0. The van der Waals surface area contributed by atoms with E-state index in [1.54, 1.807) is 7.11 Å². The van der Waals surface area contributed by atoms with Gasteiger partial charge >= 0.3 is 0 Å². The van der Waals surface area contributed by atoms with Gasteiger partial charge in [0.1, 0.15) is 5.76 Å². The topological polar surface area (TPSA) is 9.23 Å². The zero-order chi connectivity index (χ0) is 6.53. The zero-order valence-corrected chi connectivity index (χ0v) is 5.35. The Morgan fingerprint density at radius 1 is 1.67 bits per heavy atom. The van der Waals surface area contributed by atoms with E-state index in [0.29, 0.717) is 0 Å². The Labute approximate surface area is 55.0 Å². The van der Waals surface area contributed by atoms with Crippen LogP contribution in [0.4, 0.5) is 0 Å². The molecule has 0 N–H and O–H groups in total. The fraction of sp³-hybridized carbons (Fsp3) is 0.250. The third kappa shape index (κ3) is 1.65. The average Bonchev–Trinajstić information content (AvgIpc) is 2.13. The highest BCUT2D eigenvalue weighted by atomic mass is 16.5. The van der Waals surface area contributed by atoms with Gasteiger partial charge < -0.3 is 4.74 Å². The van der Waals surface area contributed by atoms with Gasteiger partial charge in [0.05, 0.1) is 13.5 Å². The van der Waals surface area contributed by atoms with Crippen LogP contribution in [0.15, 0.2) is 24.0 Å². The number of hydrogen-bond acceptors (Lipinski definition) is 1. The predicted molar refractivity (Wildman–Crippen MR) is 36.6 cm³/mol. The van der Waals surface area contributed by atoms with E-state index in [4.69, 9.17) is 4.74 Å². The summed E-state index contributed by atoms with van der Waals surface area (Å²) in [5, 5.41) is 0. The van der Waals surface area contributed by atoms with Gasteiger partial charge in [-0.1, -0.05) is 17.9 Å². The molecule has 1 heteroatoms. The van der Waals surface area contributed by atoms with Crippen molar-refractivity contribution in [3.63, 3.8) is 0 Å². The molecule has 0 saturated carbocycles. The summed E-state index contributed by atoms with van der Waals surface area (Å²) in [6.07, 6.45) is 6.33. The molecule has 1 rings (SSSR count). The SMILES string of the molecule is COC1=CC=CC#CC1. The lowest BCUT2D eigenvalue weighted by Crippen LogP contribution is -1.82. The van der Waals surface area contributed by atoms with Crippen molar-refractivity contribution in [2.45, 2.75) is 6.42 Å². The Bertz CT molecular complexity index is 200. The second-order valence-electron chi connectivity index (χ2n) is 1.69. The lowest BCUT2D eigenvalue weighted by molar-refractivity contribution is 0.286. The summed E-state index contributed by atoms with van der Waals surface area (Å²) in [6.45, 7) is 0. The Kier molecular flexibility index (Phi) is 1.98. The summed E-state index contributed by atoms with van der Waals surface area (Å²) in [5.74, 6) is 6.69. The van der Waals surface area contributed by atoms with Crippen molar-refractivity contribution in [1.29, 1.82) is 0 Å². The minimum absolute atomic E-state index is 0.726. The lowest BCUT2D eigenvalue weighted by atomic mass is 10.3. The first-order valence-electron chi connectivity index (χ1n) is 2.81. The largest absolute Gasteiger partial charge is 0.500 e. The van der Waals surface area contributed by atoms with E-state index < -0.39 is 0 Å². The van der Waals surface area contributed by atoms with Gasteiger partial charge in [-0.25, -0.2) is 0 Å². The first-order chi connectivity index (χ1) is 4.43. The fourth-order valence-electron chi connectivity index (χ4n) is 0.600. The molecule has 0 amide bonds. The molecule has 0 spiro atoms. The quantitative estimate of drug-likeness (QED) is 0.476. The molecular weight excluding hydrogens is 112 g/mol. The van der Waals surface area contributed by atoms with E-state index in [-0.39, 0.29) is 0 Å². The molecule has 9 heavy (non-hydrogen) atoms. The molecule has 0 bridgehead atoms. The van der Waals surface area contributed by atoms with Crippen molar-refractivity contribution in [3.8, 4) is 11.8 Å². The van der Waals surface area contributed by atoms with Crippen LogP contribution in [0.3, 0.4) is 0 Å². The number of allylic oxidation sites excluding steroid dienone is 4. The molecule has 0 saturated heterocycles. The van der Waals surface area contributed by atoms with Crippen molar-refractivity contribution in [1.82, 2.24) is 0 Å². The molecule has 0 unspecified atom stereocenters. The second kappa shape index (κ2) is 2.99. The van der Waals surface area contributed by atoms with Gasteiger partial charge in [0.15, 0.2) is 0 Å². The van der Waals surface area contributed by atoms with Crippen molar-refractivity contribution in [2.75, 3.05) is 7.11 Å². The monoisotopic (exact) mass is 120 g/mol. The molecule has 0 radical (unpaired) electrons. The Hall–Kier alpha value is -1.16. The van der Waals surface area contributed by atoms with E-state index in [9.17, 15) is 0 Å². The molecule has 46 valence electrons. The van der Waals surface area contributed by atoms with Crippen molar-refractivity contribution in [2.24, 2.45) is 0 Å². The number of hydrogen-bond donors (Lipinski definition) is 0. The highest BCUT2D eigenvalue weighted by Crippen LogP contribution is 2.02. The summed E-state index contributed by atoms with van der Waals surface area (Å²) in [6, 6.07) is 0. The fourth-order valence-corrected chi connectivity index (χ4v) is 0.600. The smallest absolute Gasteiger partial charge is 0.107 e. The van der Waals surface area contributed by atoms with Crippen LogP contribution in [0.1, 0.15) is 6.42 Å². The van der Waals surface area contributed by atoms with Crippen LogP contribution in [-0.2, 0) is 4.74 Å². The van der Waals surface area contributed by atoms with Gasteiger partial charge in [0.2, 0.25) is 0 Å². The number of rotatable bonds is 1. The maximum absolute atomic E-state index is 4.98. The lowest BCUT2D eigenvalue weighted by Gasteiger charge is -1.96. The zero-order valence-electron chi connectivity index (χ0n) is 5.35. The van der Waals surface area contributed by atoms with Crippen molar-refractivity contribution >= 4 is 0 Å². The highest BCUT2D eigenvalue weighted by Gasteiger charge is 1.90. The van der Waals surface area contributed by atoms with Crippen LogP contribution in [0.2, 0.25) is 0 Å². The number of ether oxygens (including phenoxy) is 1. The third-order valence-corrected chi connectivity index (χ3v) is 1.09. The first kappa shape index (κ1) is 5.97. The van der Waals surface area contributed by atoms with Gasteiger partial charge in [0.25, 0.3) is 0 Å². The van der Waals surface area contributed by atoms with Gasteiger partial charge in [-0.15, -0.1) is 0 Å². The van der Waals surface area contributed by atoms with E-state index in [2.05, 4.69) is 11.8 Å². The Morgan fingerprint density at radius 3 is 3.33 bits per heavy atom. The summed E-state index contributed by atoms with van der Waals surface area (Å²) >= 11 is 0. The van der Waals surface area contributed by atoms with Crippen LogP contribution < -0.4 is 0 Å². The van der Waals surface area contributed by atoms with Gasteiger partial charge in [-0.3, -0.25) is 0 Å². The van der Waals surface area contributed by atoms with Crippen molar-refractivity contribution in [3.05, 3.63) is 24.0 Å². The van der Waals surface area contributed by atoms with E-state index >= 15 is 0 Å².